The number of aromatic nitrogens is 6. The summed E-state index contributed by atoms with van der Waals surface area (Å²) < 4.78 is 1.64. The van der Waals surface area contributed by atoms with Gasteiger partial charge in [0, 0.05) is 21.1 Å². The first kappa shape index (κ1) is 12.5. The van der Waals surface area contributed by atoms with E-state index in [1.165, 1.54) is 18.1 Å². The maximum atomic E-state index is 5.33. The number of nitrogens with zero attached hydrogens (tertiary/aromatic N) is 7. The van der Waals surface area contributed by atoms with Gasteiger partial charge in [-0.15, -0.1) is 0 Å². The summed E-state index contributed by atoms with van der Waals surface area (Å²) in [4.78, 5) is 18.4. The van der Waals surface area contributed by atoms with Gasteiger partial charge < -0.3 is 4.90 Å². The van der Waals surface area contributed by atoms with Crippen LogP contribution in [0.5, 0.6) is 0 Å². The molecule has 0 unspecified atom stereocenters. The van der Waals surface area contributed by atoms with Gasteiger partial charge in [0.2, 0.25) is 17.1 Å². The zero-order valence-electron chi connectivity index (χ0n) is 10.2. The van der Waals surface area contributed by atoms with E-state index >= 15 is 0 Å². The van der Waals surface area contributed by atoms with Gasteiger partial charge in [0.05, 0.1) is 0 Å². The molecule has 0 bridgehead atoms. The van der Waals surface area contributed by atoms with E-state index in [1.807, 2.05) is 14.1 Å². The number of nitrogens with one attached hydrogen (secondary N) is 1. The fourth-order valence-corrected chi connectivity index (χ4v) is 1.82. The second kappa shape index (κ2) is 5.14. The molecule has 3 N–H and O–H groups in total. The monoisotopic (exact) mass is 267 g/mol. The molecule has 9 nitrogen and oxygen atoms in total. The van der Waals surface area contributed by atoms with Crippen LogP contribution in [0, 0.1) is 0 Å². The molecule has 0 atom stereocenters. The lowest BCUT2D eigenvalue weighted by Crippen LogP contribution is -2.17. The Hall–Kier alpha value is -1.94. The zero-order chi connectivity index (χ0) is 13.1. The zero-order valence-corrected chi connectivity index (χ0v) is 11.0. The van der Waals surface area contributed by atoms with Gasteiger partial charge in [-0.25, -0.2) is 15.5 Å². The Balaban J connectivity index is 2.32. The second-order valence-corrected chi connectivity index (χ2v) is 4.48. The minimum absolute atomic E-state index is 0.304. The molecule has 2 rings (SSSR count). The average molecular weight is 267 g/mol. The van der Waals surface area contributed by atoms with Gasteiger partial charge >= 0.3 is 0 Å². The van der Waals surface area contributed by atoms with Crippen molar-refractivity contribution in [2.45, 2.75) is 10.3 Å². The summed E-state index contributed by atoms with van der Waals surface area (Å²) in [5.41, 5.74) is 2.41. The van der Waals surface area contributed by atoms with Crippen LogP contribution in [0.25, 0.3) is 0 Å². The Morgan fingerprint density at radius 2 is 2.11 bits per heavy atom. The maximum absolute atomic E-state index is 5.33. The lowest BCUT2D eigenvalue weighted by atomic mass is 10.8. The fraction of sp³-hybridized carbons (Fsp3) is 0.375. The first-order valence-electron chi connectivity index (χ1n) is 5.02. The molecule has 0 aliphatic rings. The van der Waals surface area contributed by atoms with Crippen molar-refractivity contribution in [2.24, 2.45) is 12.9 Å². The second-order valence-electron chi connectivity index (χ2n) is 3.55. The lowest BCUT2D eigenvalue weighted by Gasteiger charge is -2.11. The molecule has 2 aromatic heterocycles. The fourth-order valence-electron chi connectivity index (χ4n) is 1.12. The predicted molar refractivity (Wildman–Crippen MR) is 67.1 cm³/mol. The van der Waals surface area contributed by atoms with E-state index in [-0.39, 0.29) is 0 Å². The molecule has 2 aromatic rings. The summed E-state index contributed by atoms with van der Waals surface area (Å²) in [5, 5.41) is 5.16. The summed E-state index contributed by atoms with van der Waals surface area (Å²) in [6, 6.07) is 0. The third-order valence-corrected chi connectivity index (χ3v) is 2.90. The van der Waals surface area contributed by atoms with Crippen molar-refractivity contribution in [3.63, 3.8) is 0 Å². The Kier molecular flexibility index (Phi) is 3.58. The molecule has 0 fully saturated rings. The number of hydrogen-bond acceptors (Lipinski definition) is 9. The molecule has 0 saturated heterocycles. The minimum Gasteiger partial charge on any atom is -0.347 e. The third kappa shape index (κ3) is 2.65. The van der Waals surface area contributed by atoms with Gasteiger partial charge in [0.1, 0.15) is 6.33 Å². The highest BCUT2D eigenvalue weighted by molar-refractivity contribution is 7.99. The van der Waals surface area contributed by atoms with E-state index in [4.69, 9.17) is 5.84 Å². The van der Waals surface area contributed by atoms with Crippen molar-refractivity contribution in [3.8, 4) is 0 Å². The van der Waals surface area contributed by atoms with Crippen molar-refractivity contribution in [2.75, 3.05) is 24.4 Å². The Morgan fingerprint density at radius 3 is 2.67 bits per heavy atom. The topological polar surface area (TPSA) is 111 Å². The van der Waals surface area contributed by atoms with E-state index < -0.39 is 0 Å². The Morgan fingerprint density at radius 1 is 1.33 bits per heavy atom. The number of aryl methyl sites for hydroxylation is 1. The summed E-state index contributed by atoms with van der Waals surface area (Å²) in [5.74, 6) is 6.15. The third-order valence-electron chi connectivity index (χ3n) is 1.98. The van der Waals surface area contributed by atoms with Crippen LogP contribution in [0.15, 0.2) is 16.6 Å². The molecular formula is C8H13N9S. The lowest BCUT2D eigenvalue weighted by molar-refractivity contribution is 0.683. The van der Waals surface area contributed by atoms with Crippen molar-refractivity contribution < 1.29 is 0 Å². The summed E-state index contributed by atoms with van der Waals surface area (Å²) in [7, 11) is 5.48. The van der Waals surface area contributed by atoms with Crippen molar-refractivity contribution in [1.29, 1.82) is 0 Å². The molecule has 0 aromatic carbocycles. The molecule has 10 heteroatoms. The molecule has 0 aliphatic heterocycles. The van der Waals surface area contributed by atoms with Crippen LogP contribution in [0.4, 0.5) is 11.9 Å². The van der Waals surface area contributed by atoms with Crippen LogP contribution in [-0.2, 0) is 7.05 Å². The first-order chi connectivity index (χ1) is 8.60. The van der Waals surface area contributed by atoms with Gasteiger partial charge in [0.15, 0.2) is 5.16 Å². The molecular weight excluding hydrogens is 254 g/mol. The number of nitrogens with two attached hydrogens (primary N) is 1. The van der Waals surface area contributed by atoms with E-state index in [9.17, 15) is 0 Å². The number of nitrogen functional groups attached to an aromatic ring is 1. The summed E-state index contributed by atoms with van der Waals surface area (Å²) in [6.45, 7) is 0. The largest absolute Gasteiger partial charge is 0.347 e. The predicted octanol–water partition coefficient (Wildman–Crippen LogP) is -0.497. The highest BCUT2D eigenvalue weighted by Gasteiger charge is 2.11. The molecule has 2 heterocycles. The average Bonchev–Trinajstić information content (AvgIpc) is 2.74. The van der Waals surface area contributed by atoms with Crippen LogP contribution in [0.2, 0.25) is 0 Å². The summed E-state index contributed by atoms with van der Waals surface area (Å²) >= 11 is 1.29. The van der Waals surface area contributed by atoms with Crippen LogP contribution in [0.3, 0.4) is 0 Å². The standard InChI is InChI=1S/C8H13N9S/c1-16(2)6-12-5(15-9)13-7(14-6)18-8-10-4-11-17(8)3/h4H,9H2,1-3H3,(H,12,13,14,15). The number of hydrogen-bond donors (Lipinski definition) is 2. The normalized spacial score (nSPS) is 10.4. The molecule has 0 radical (unpaired) electrons. The minimum atomic E-state index is 0.304. The number of rotatable bonds is 4. The van der Waals surface area contributed by atoms with E-state index in [1.54, 1.807) is 16.6 Å². The molecule has 0 aliphatic carbocycles. The van der Waals surface area contributed by atoms with Gasteiger partial charge in [-0.1, -0.05) is 0 Å². The van der Waals surface area contributed by atoms with E-state index in [0.29, 0.717) is 22.2 Å². The van der Waals surface area contributed by atoms with Crippen molar-refractivity contribution in [1.82, 2.24) is 29.7 Å². The highest BCUT2D eigenvalue weighted by Crippen LogP contribution is 2.23. The van der Waals surface area contributed by atoms with Gasteiger partial charge in [-0.3, -0.25) is 5.43 Å². The molecule has 0 saturated carbocycles. The van der Waals surface area contributed by atoms with Crippen LogP contribution >= 0.6 is 11.8 Å². The SMILES string of the molecule is CN(C)c1nc(NN)nc(Sc2ncnn2C)n1. The quantitative estimate of drug-likeness (QED) is 0.559. The number of hydrazine groups is 1. The van der Waals surface area contributed by atoms with Crippen LogP contribution in [0.1, 0.15) is 0 Å². The Bertz CT molecular complexity index is 537. The highest BCUT2D eigenvalue weighted by atomic mass is 32.2. The molecule has 0 spiro atoms. The van der Waals surface area contributed by atoms with E-state index in [2.05, 4.69) is 30.5 Å². The van der Waals surface area contributed by atoms with Gasteiger partial charge in [-0.05, 0) is 11.8 Å². The first-order valence-corrected chi connectivity index (χ1v) is 5.83. The molecule has 0 amide bonds. The summed E-state index contributed by atoms with van der Waals surface area (Å²) in [6.07, 6.45) is 1.47. The van der Waals surface area contributed by atoms with Gasteiger partial charge in [-0.2, -0.15) is 20.1 Å². The molecule has 18 heavy (non-hydrogen) atoms. The van der Waals surface area contributed by atoms with Gasteiger partial charge in [0.25, 0.3) is 0 Å². The number of anilines is 2. The smallest absolute Gasteiger partial charge is 0.242 e. The van der Waals surface area contributed by atoms with Crippen LogP contribution < -0.4 is 16.2 Å². The van der Waals surface area contributed by atoms with Crippen molar-refractivity contribution in [3.05, 3.63) is 6.33 Å². The maximum Gasteiger partial charge on any atom is 0.242 e. The van der Waals surface area contributed by atoms with E-state index in [0.717, 1.165) is 0 Å². The van der Waals surface area contributed by atoms with Crippen molar-refractivity contribution >= 4 is 23.7 Å². The molecule has 96 valence electrons. The van der Waals surface area contributed by atoms with Crippen LogP contribution in [-0.4, -0.2) is 43.8 Å². The Labute approximate surface area is 108 Å².